The molecule has 0 spiro atoms. The highest BCUT2D eigenvalue weighted by Crippen LogP contribution is 1.94. The molecule has 0 aliphatic heterocycles. The molecule has 0 rings (SSSR count). The highest BCUT2D eigenvalue weighted by Gasteiger charge is 2.09. The summed E-state index contributed by atoms with van der Waals surface area (Å²) in [6.45, 7) is 6.05. The largest absolute Gasteiger partial charge is 0.329 e. The van der Waals surface area contributed by atoms with Gasteiger partial charge in [-0.25, -0.2) is 10.2 Å². The van der Waals surface area contributed by atoms with Gasteiger partial charge in [0.25, 0.3) is 0 Å². The molecule has 0 saturated heterocycles. The van der Waals surface area contributed by atoms with Crippen molar-refractivity contribution in [2.75, 3.05) is 6.54 Å². The van der Waals surface area contributed by atoms with Crippen molar-refractivity contribution in [3.05, 3.63) is 0 Å². The van der Waals surface area contributed by atoms with Crippen LogP contribution in [0.4, 0.5) is 4.79 Å². The van der Waals surface area contributed by atoms with E-state index in [0.29, 0.717) is 0 Å². The van der Waals surface area contributed by atoms with E-state index in [-0.39, 0.29) is 18.1 Å². The molecule has 12 heavy (non-hydrogen) atoms. The van der Waals surface area contributed by atoms with Gasteiger partial charge in [-0.2, -0.15) is 0 Å². The van der Waals surface area contributed by atoms with Crippen molar-refractivity contribution < 1.29 is 4.79 Å². The van der Waals surface area contributed by atoms with Crippen LogP contribution in [0, 0.1) is 12.3 Å². The summed E-state index contributed by atoms with van der Waals surface area (Å²) >= 11 is 0. The standard InChI is InChI=1S/C8H15N3O/c1-5-6-9-7(12)10-11-8(2,3)4/h1,11H,6H2,2-4H3,(H2,9,10,12). The lowest BCUT2D eigenvalue weighted by Gasteiger charge is -2.20. The van der Waals surface area contributed by atoms with E-state index in [1.54, 1.807) is 0 Å². The molecule has 0 atom stereocenters. The molecular weight excluding hydrogens is 154 g/mol. The fraction of sp³-hybridized carbons (Fsp3) is 0.625. The van der Waals surface area contributed by atoms with Gasteiger partial charge in [0, 0.05) is 5.54 Å². The summed E-state index contributed by atoms with van der Waals surface area (Å²) in [7, 11) is 0. The van der Waals surface area contributed by atoms with E-state index in [1.807, 2.05) is 20.8 Å². The lowest BCUT2D eigenvalue weighted by atomic mass is 10.1. The summed E-state index contributed by atoms with van der Waals surface area (Å²) < 4.78 is 0. The van der Waals surface area contributed by atoms with Crippen molar-refractivity contribution in [1.82, 2.24) is 16.2 Å². The summed E-state index contributed by atoms with van der Waals surface area (Å²) in [5.74, 6) is 2.30. The van der Waals surface area contributed by atoms with Crippen LogP contribution in [0.5, 0.6) is 0 Å². The van der Waals surface area contributed by atoms with Crippen LogP contribution in [0.3, 0.4) is 0 Å². The Balaban J connectivity index is 3.53. The van der Waals surface area contributed by atoms with Gasteiger partial charge in [0.1, 0.15) is 0 Å². The maximum Gasteiger partial charge on any atom is 0.329 e. The van der Waals surface area contributed by atoms with Gasteiger partial charge >= 0.3 is 6.03 Å². The number of carbonyl (C=O) groups excluding carboxylic acids is 1. The molecule has 2 amide bonds. The van der Waals surface area contributed by atoms with Crippen molar-refractivity contribution >= 4 is 6.03 Å². The molecule has 4 heteroatoms. The van der Waals surface area contributed by atoms with Crippen LogP contribution in [0.1, 0.15) is 20.8 Å². The molecule has 0 fully saturated rings. The van der Waals surface area contributed by atoms with Gasteiger partial charge in [0.05, 0.1) is 6.54 Å². The number of hydrogen-bond acceptors (Lipinski definition) is 2. The lowest BCUT2D eigenvalue weighted by molar-refractivity contribution is 0.230. The SMILES string of the molecule is C#CCNC(=O)NNC(C)(C)C. The van der Waals surface area contributed by atoms with Crippen molar-refractivity contribution in [3.63, 3.8) is 0 Å². The molecule has 0 saturated carbocycles. The quantitative estimate of drug-likeness (QED) is 0.409. The molecular formula is C8H15N3O. The second kappa shape index (κ2) is 4.62. The number of carbonyl (C=O) groups is 1. The van der Waals surface area contributed by atoms with Gasteiger partial charge in [-0.05, 0) is 20.8 Å². The Kier molecular flexibility index (Phi) is 4.16. The van der Waals surface area contributed by atoms with Crippen molar-refractivity contribution in [1.29, 1.82) is 0 Å². The average Bonchev–Trinajstić information content (AvgIpc) is 1.95. The summed E-state index contributed by atoms with van der Waals surface area (Å²) in [5, 5.41) is 2.46. The van der Waals surface area contributed by atoms with E-state index < -0.39 is 0 Å². The number of urea groups is 1. The number of rotatable bonds is 2. The Bertz CT molecular complexity index is 187. The van der Waals surface area contributed by atoms with Crippen LogP contribution in [-0.4, -0.2) is 18.1 Å². The zero-order chi connectivity index (χ0) is 9.61. The molecule has 0 aromatic rings. The highest BCUT2D eigenvalue weighted by atomic mass is 16.2. The second-order valence-corrected chi connectivity index (χ2v) is 3.39. The van der Waals surface area contributed by atoms with Gasteiger partial charge in [-0.15, -0.1) is 6.42 Å². The van der Waals surface area contributed by atoms with Crippen LogP contribution in [-0.2, 0) is 0 Å². The van der Waals surface area contributed by atoms with Crippen molar-refractivity contribution in [3.8, 4) is 12.3 Å². The van der Waals surface area contributed by atoms with E-state index >= 15 is 0 Å². The predicted molar refractivity (Wildman–Crippen MR) is 48.3 cm³/mol. The lowest BCUT2D eigenvalue weighted by Crippen LogP contribution is -2.52. The first kappa shape index (κ1) is 10.8. The topological polar surface area (TPSA) is 53.2 Å². The molecule has 0 aliphatic rings. The van der Waals surface area contributed by atoms with Gasteiger partial charge < -0.3 is 5.32 Å². The van der Waals surface area contributed by atoms with E-state index in [0.717, 1.165) is 0 Å². The summed E-state index contributed by atoms with van der Waals surface area (Å²) in [6.07, 6.45) is 4.95. The Labute approximate surface area is 73.1 Å². The first-order valence-electron chi connectivity index (χ1n) is 3.70. The van der Waals surface area contributed by atoms with Gasteiger partial charge in [0.15, 0.2) is 0 Å². The minimum absolute atomic E-state index is 0.145. The molecule has 0 aromatic carbocycles. The van der Waals surface area contributed by atoms with Crippen LogP contribution < -0.4 is 16.2 Å². The summed E-state index contributed by atoms with van der Waals surface area (Å²) in [4.78, 5) is 10.9. The maximum absolute atomic E-state index is 10.9. The zero-order valence-corrected chi connectivity index (χ0v) is 7.69. The van der Waals surface area contributed by atoms with E-state index in [2.05, 4.69) is 22.1 Å². The molecule has 0 heterocycles. The summed E-state index contributed by atoms with van der Waals surface area (Å²) in [6, 6.07) is -0.317. The molecule has 0 radical (unpaired) electrons. The predicted octanol–water partition coefficient (Wildman–Crippen LogP) is 0.222. The van der Waals surface area contributed by atoms with Crippen molar-refractivity contribution in [2.45, 2.75) is 26.3 Å². The van der Waals surface area contributed by atoms with Crippen LogP contribution >= 0.6 is 0 Å². The Morgan fingerprint density at radius 3 is 2.50 bits per heavy atom. The van der Waals surface area contributed by atoms with E-state index in [4.69, 9.17) is 6.42 Å². The zero-order valence-electron chi connectivity index (χ0n) is 7.69. The Morgan fingerprint density at radius 1 is 1.50 bits per heavy atom. The first-order valence-corrected chi connectivity index (χ1v) is 3.70. The monoisotopic (exact) mass is 169 g/mol. The highest BCUT2D eigenvalue weighted by molar-refractivity contribution is 5.73. The molecule has 68 valence electrons. The first-order chi connectivity index (χ1) is 5.45. The summed E-state index contributed by atoms with van der Waals surface area (Å²) in [5.41, 5.74) is 5.12. The molecule has 4 nitrogen and oxygen atoms in total. The second-order valence-electron chi connectivity index (χ2n) is 3.39. The third-order valence-corrected chi connectivity index (χ3v) is 0.902. The van der Waals surface area contributed by atoms with E-state index in [1.165, 1.54) is 0 Å². The van der Waals surface area contributed by atoms with Crippen LogP contribution in [0.15, 0.2) is 0 Å². The number of terminal acetylenes is 1. The number of nitrogens with one attached hydrogen (secondary N) is 3. The fourth-order valence-electron chi connectivity index (χ4n) is 0.420. The molecule has 0 unspecified atom stereocenters. The third-order valence-electron chi connectivity index (χ3n) is 0.902. The maximum atomic E-state index is 10.9. The van der Waals surface area contributed by atoms with E-state index in [9.17, 15) is 4.79 Å². The molecule has 0 aliphatic carbocycles. The minimum Gasteiger partial charge on any atom is -0.326 e. The number of hydrazine groups is 1. The number of hydrogen-bond donors (Lipinski definition) is 3. The smallest absolute Gasteiger partial charge is 0.326 e. The van der Waals surface area contributed by atoms with Crippen molar-refractivity contribution in [2.24, 2.45) is 0 Å². The third kappa shape index (κ3) is 6.90. The molecule has 0 aromatic heterocycles. The van der Waals surface area contributed by atoms with Gasteiger partial charge in [0.2, 0.25) is 0 Å². The fourth-order valence-corrected chi connectivity index (χ4v) is 0.420. The van der Waals surface area contributed by atoms with Gasteiger partial charge in [-0.1, -0.05) is 5.92 Å². The number of amides is 2. The van der Waals surface area contributed by atoms with Crippen LogP contribution in [0.2, 0.25) is 0 Å². The Morgan fingerprint density at radius 2 is 2.08 bits per heavy atom. The minimum atomic E-state index is -0.317. The average molecular weight is 169 g/mol. The Hall–Kier alpha value is -1.21. The molecule has 3 N–H and O–H groups in total. The normalized spacial score (nSPS) is 10.2. The molecule has 0 bridgehead atoms. The van der Waals surface area contributed by atoms with Crippen LogP contribution in [0.25, 0.3) is 0 Å². The van der Waals surface area contributed by atoms with Gasteiger partial charge in [-0.3, -0.25) is 5.43 Å².